The van der Waals surface area contributed by atoms with Crippen LogP contribution in [0, 0.1) is 0 Å². The summed E-state index contributed by atoms with van der Waals surface area (Å²) in [5, 5.41) is 0. The lowest BCUT2D eigenvalue weighted by Gasteiger charge is -1.95. The van der Waals surface area contributed by atoms with Crippen molar-refractivity contribution in [1.29, 1.82) is 0 Å². The monoisotopic (exact) mass is 392 g/mol. The van der Waals surface area contributed by atoms with Crippen LogP contribution in [0.15, 0.2) is 30.2 Å². The Morgan fingerprint density at radius 2 is 1.94 bits per heavy atom. The second-order valence-electron chi connectivity index (χ2n) is 3.22. The van der Waals surface area contributed by atoms with Crippen LogP contribution < -0.4 is 0 Å². The number of carbonyl (C=O) groups excluding carboxylic acids is 2. The van der Waals surface area contributed by atoms with Gasteiger partial charge in [-0.15, -0.1) is 11.3 Å². The first-order valence-electron chi connectivity index (χ1n) is 4.70. The van der Waals surface area contributed by atoms with Gasteiger partial charge in [0, 0.05) is 0 Å². The number of carbonyl (C=O) groups is 2. The highest BCUT2D eigenvalue weighted by molar-refractivity contribution is 9.12. The molecule has 0 N–H and O–H groups in total. The molecule has 0 bridgehead atoms. The van der Waals surface area contributed by atoms with E-state index >= 15 is 0 Å². The number of methoxy groups -OCH3 is 1. The van der Waals surface area contributed by atoms with Gasteiger partial charge < -0.3 is 9.15 Å². The molecule has 0 radical (unpaired) electrons. The van der Waals surface area contributed by atoms with E-state index in [0.29, 0.717) is 9.35 Å². The van der Waals surface area contributed by atoms with Crippen molar-refractivity contribution in [1.82, 2.24) is 0 Å². The van der Waals surface area contributed by atoms with Crippen LogP contribution in [0.4, 0.5) is 0 Å². The second-order valence-corrected chi connectivity index (χ2v) is 6.97. The molecule has 2 heterocycles. The molecule has 0 aromatic carbocycles. The van der Waals surface area contributed by atoms with Crippen molar-refractivity contribution in [3.63, 3.8) is 0 Å². The van der Waals surface area contributed by atoms with Gasteiger partial charge in [0.15, 0.2) is 5.76 Å². The molecule has 0 saturated carbocycles. The number of thiophene rings is 1. The molecular formula is C11H6Br2O4S. The van der Waals surface area contributed by atoms with Crippen LogP contribution >= 0.6 is 43.2 Å². The fourth-order valence-corrected chi connectivity index (χ4v) is 4.09. The Morgan fingerprint density at radius 3 is 2.50 bits per heavy atom. The van der Waals surface area contributed by atoms with Crippen molar-refractivity contribution in [2.75, 3.05) is 7.11 Å². The molecule has 4 nitrogen and oxygen atoms in total. The predicted octanol–water partition coefficient (Wildman–Crippen LogP) is 3.88. The van der Waals surface area contributed by atoms with Crippen molar-refractivity contribution < 1.29 is 18.7 Å². The van der Waals surface area contributed by atoms with Gasteiger partial charge in [-0.1, -0.05) is 0 Å². The maximum absolute atomic E-state index is 12.1. The molecule has 0 fully saturated rings. The Balaban J connectivity index is 2.32. The molecule has 0 spiro atoms. The van der Waals surface area contributed by atoms with E-state index in [0.717, 1.165) is 3.79 Å². The molecule has 0 aliphatic rings. The molecule has 0 aliphatic carbocycles. The van der Waals surface area contributed by atoms with Gasteiger partial charge in [-0.25, -0.2) is 4.79 Å². The smallest absolute Gasteiger partial charge is 0.373 e. The van der Waals surface area contributed by atoms with E-state index in [1.165, 1.54) is 30.6 Å². The fraction of sp³-hybridized carbons (Fsp3) is 0.0909. The van der Waals surface area contributed by atoms with Crippen LogP contribution in [0.5, 0.6) is 0 Å². The third-order valence-electron chi connectivity index (χ3n) is 2.12. The zero-order valence-electron chi connectivity index (χ0n) is 9.03. The molecule has 18 heavy (non-hydrogen) atoms. The first-order valence-corrected chi connectivity index (χ1v) is 7.11. The van der Waals surface area contributed by atoms with E-state index in [2.05, 4.69) is 36.6 Å². The highest BCUT2D eigenvalue weighted by Gasteiger charge is 2.20. The van der Waals surface area contributed by atoms with Crippen LogP contribution in [0.3, 0.4) is 0 Å². The van der Waals surface area contributed by atoms with Gasteiger partial charge in [-0.05, 0) is 50.1 Å². The van der Waals surface area contributed by atoms with Gasteiger partial charge in [0.05, 0.1) is 20.2 Å². The lowest BCUT2D eigenvalue weighted by molar-refractivity contribution is 0.0563. The summed E-state index contributed by atoms with van der Waals surface area (Å²) in [6.07, 6.45) is 0. The number of halogens is 2. The fourth-order valence-electron chi connectivity index (χ4n) is 1.30. The minimum absolute atomic E-state index is 0.00580. The Hall–Kier alpha value is -0.920. The third kappa shape index (κ3) is 2.57. The average Bonchev–Trinajstić information content (AvgIpc) is 2.94. The second kappa shape index (κ2) is 5.38. The summed E-state index contributed by atoms with van der Waals surface area (Å²) in [6.45, 7) is 0. The SMILES string of the molecule is COC(=O)c1ccc(C(=O)c2cc(Br)sc2Br)o1. The van der Waals surface area contributed by atoms with Gasteiger partial charge >= 0.3 is 5.97 Å². The van der Waals surface area contributed by atoms with Crippen molar-refractivity contribution in [3.05, 3.63) is 42.9 Å². The van der Waals surface area contributed by atoms with E-state index < -0.39 is 5.97 Å². The summed E-state index contributed by atoms with van der Waals surface area (Å²) < 4.78 is 11.2. The topological polar surface area (TPSA) is 56.5 Å². The van der Waals surface area contributed by atoms with Gasteiger partial charge in [0.1, 0.15) is 0 Å². The third-order valence-corrected chi connectivity index (χ3v) is 4.46. The first-order chi connectivity index (χ1) is 8.52. The molecule has 0 amide bonds. The van der Waals surface area contributed by atoms with E-state index in [1.807, 2.05) is 0 Å². The Labute approximate surface area is 123 Å². The highest BCUT2D eigenvalue weighted by Crippen LogP contribution is 2.33. The zero-order chi connectivity index (χ0) is 13.3. The maximum Gasteiger partial charge on any atom is 0.373 e. The van der Waals surface area contributed by atoms with E-state index in [1.54, 1.807) is 6.07 Å². The lowest BCUT2D eigenvalue weighted by Crippen LogP contribution is -2.00. The number of esters is 1. The molecule has 0 atom stereocenters. The van der Waals surface area contributed by atoms with Gasteiger partial charge in [0.25, 0.3) is 0 Å². The summed E-state index contributed by atoms with van der Waals surface area (Å²) in [5.74, 6) is -0.800. The summed E-state index contributed by atoms with van der Waals surface area (Å²) in [6, 6.07) is 4.55. The molecule has 2 rings (SSSR count). The summed E-state index contributed by atoms with van der Waals surface area (Å²) >= 11 is 7.98. The van der Waals surface area contributed by atoms with Crippen LogP contribution in [0.2, 0.25) is 0 Å². The summed E-state index contributed by atoms with van der Waals surface area (Å²) in [5.41, 5.74) is 0.484. The molecule has 7 heteroatoms. The number of ketones is 1. The largest absolute Gasteiger partial charge is 0.463 e. The Kier molecular flexibility index (Phi) is 4.04. The summed E-state index contributed by atoms with van der Waals surface area (Å²) in [4.78, 5) is 23.3. The van der Waals surface area contributed by atoms with E-state index in [4.69, 9.17) is 4.42 Å². The van der Waals surface area contributed by atoms with Gasteiger partial charge in [0.2, 0.25) is 11.5 Å². The van der Waals surface area contributed by atoms with E-state index in [9.17, 15) is 9.59 Å². The Bertz CT molecular complexity index is 614. The first kappa shape index (κ1) is 13.5. The standard InChI is InChI=1S/C11H6Br2O4S/c1-16-11(15)7-3-2-6(17-7)9(14)5-4-8(12)18-10(5)13/h2-4H,1H3. The normalized spacial score (nSPS) is 10.4. The average molecular weight is 394 g/mol. The van der Waals surface area contributed by atoms with Crippen molar-refractivity contribution in [2.24, 2.45) is 0 Å². The van der Waals surface area contributed by atoms with Crippen molar-refractivity contribution >= 4 is 54.9 Å². The van der Waals surface area contributed by atoms with Crippen LogP contribution in [-0.4, -0.2) is 18.9 Å². The van der Waals surface area contributed by atoms with Crippen LogP contribution in [0.25, 0.3) is 0 Å². The number of hydrogen-bond donors (Lipinski definition) is 0. The highest BCUT2D eigenvalue weighted by atomic mass is 79.9. The van der Waals surface area contributed by atoms with Crippen molar-refractivity contribution in [2.45, 2.75) is 0 Å². The zero-order valence-corrected chi connectivity index (χ0v) is 13.0. The molecule has 0 aliphatic heterocycles. The number of ether oxygens (including phenoxy) is 1. The minimum atomic E-state index is -0.611. The quantitative estimate of drug-likeness (QED) is 0.586. The minimum Gasteiger partial charge on any atom is -0.463 e. The van der Waals surface area contributed by atoms with Gasteiger partial charge in [-0.2, -0.15) is 0 Å². The number of hydrogen-bond acceptors (Lipinski definition) is 5. The molecule has 2 aromatic heterocycles. The van der Waals surface area contributed by atoms with Crippen LogP contribution in [0.1, 0.15) is 26.7 Å². The maximum atomic E-state index is 12.1. The molecule has 0 unspecified atom stereocenters. The lowest BCUT2D eigenvalue weighted by atomic mass is 10.2. The number of rotatable bonds is 3. The van der Waals surface area contributed by atoms with E-state index in [-0.39, 0.29) is 17.3 Å². The summed E-state index contributed by atoms with van der Waals surface area (Å²) in [7, 11) is 1.25. The van der Waals surface area contributed by atoms with Crippen LogP contribution in [-0.2, 0) is 4.74 Å². The predicted molar refractivity (Wildman–Crippen MR) is 73.2 cm³/mol. The molecular weight excluding hydrogens is 388 g/mol. The Morgan fingerprint density at radius 1 is 1.28 bits per heavy atom. The molecule has 2 aromatic rings. The van der Waals surface area contributed by atoms with Crippen molar-refractivity contribution in [3.8, 4) is 0 Å². The molecule has 0 saturated heterocycles. The number of furan rings is 1. The molecule has 94 valence electrons. The van der Waals surface area contributed by atoms with Gasteiger partial charge in [-0.3, -0.25) is 4.79 Å².